The number of carboxylic acid groups (broad SMARTS) is 1. The second-order valence-electron chi connectivity index (χ2n) is 3.78. The predicted molar refractivity (Wildman–Crippen MR) is 61.1 cm³/mol. The van der Waals surface area contributed by atoms with Gasteiger partial charge in [0.2, 0.25) is 0 Å². The maximum atomic E-state index is 10.7. The summed E-state index contributed by atoms with van der Waals surface area (Å²) in [5.74, 6) is -0.781. The number of imidazole rings is 1. The molecule has 1 rings (SSSR count). The number of carboxylic acids is 1. The van der Waals surface area contributed by atoms with Crippen molar-refractivity contribution in [2.24, 2.45) is 0 Å². The summed E-state index contributed by atoms with van der Waals surface area (Å²) >= 11 is 0. The normalized spacial score (nSPS) is 10.9. The van der Waals surface area contributed by atoms with Crippen molar-refractivity contribution in [3.63, 3.8) is 0 Å². The molecule has 0 amide bonds. The molecule has 0 bridgehead atoms. The Bertz CT molecular complexity index is 336. The van der Waals surface area contributed by atoms with Crippen LogP contribution in [0.4, 0.5) is 0 Å². The summed E-state index contributed by atoms with van der Waals surface area (Å²) in [5, 5.41) is 8.80. The van der Waals surface area contributed by atoms with Gasteiger partial charge in [-0.3, -0.25) is 9.69 Å². The van der Waals surface area contributed by atoms with Crippen molar-refractivity contribution in [1.82, 2.24) is 14.5 Å². The van der Waals surface area contributed by atoms with Crippen LogP contribution in [-0.4, -0.2) is 38.6 Å². The summed E-state index contributed by atoms with van der Waals surface area (Å²) in [6, 6.07) is 0. The largest absolute Gasteiger partial charge is 0.480 e. The number of hydrogen-bond donors (Lipinski definition) is 1. The van der Waals surface area contributed by atoms with E-state index in [0.717, 1.165) is 25.2 Å². The van der Waals surface area contributed by atoms with E-state index in [4.69, 9.17) is 5.11 Å². The number of rotatable bonds is 7. The van der Waals surface area contributed by atoms with Crippen molar-refractivity contribution in [3.05, 3.63) is 18.2 Å². The van der Waals surface area contributed by atoms with E-state index >= 15 is 0 Å². The zero-order valence-corrected chi connectivity index (χ0v) is 9.89. The SMILES string of the molecule is CCCN(CC(=O)O)Cc1cncn1CC. The molecular formula is C11H19N3O2. The van der Waals surface area contributed by atoms with Crippen LogP contribution in [0.2, 0.25) is 0 Å². The van der Waals surface area contributed by atoms with E-state index in [-0.39, 0.29) is 6.54 Å². The van der Waals surface area contributed by atoms with Gasteiger partial charge in [0.1, 0.15) is 0 Å². The molecule has 0 unspecified atom stereocenters. The van der Waals surface area contributed by atoms with Crippen molar-refractivity contribution >= 4 is 5.97 Å². The Morgan fingerprint density at radius 2 is 2.31 bits per heavy atom. The van der Waals surface area contributed by atoms with Gasteiger partial charge in [0.15, 0.2) is 0 Å². The number of aryl methyl sites for hydroxylation is 1. The second kappa shape index (κ2) is 6.27. The standard InChI is InChI=1S/C11H19N3O2/c1-3-5-13(8-11(15)16)7-10-6-12-9-14(10)4-2/h6,9H,3-5,7-8H2,1-2H3,(H,15,16). The summed E-state index contributed by atoms with van der Waals surface area (Å²) in [6.07, 6.45) is 4.53. The van der Waals surface area contributed by atoms with E-state index in [1.54, 1.807) is 12.5 Å². The Kier molecular flexibility index (Phi) is 4.98. The summed E-state index contributed by atoms with van der Waals surface area (Å²) in [4.78, 5) is 16.7. The maximum absolute atomic E-state index is 10.7. The average Bonchev–Trinajstić information content (AvgIpc) is 2.64. The zero-order valence-electron chi connectivity index (χ0n) is 9.89. The molecule has 1 aromatic rings. The third-order valence-electron chi connectivity index (χ3n) is 2.42. The molecule has 0 aliphatic heterocycles. The van der Waals surface area contributed by atoms with Crippen LogP contribution in [-0.2, 0) is 17.9 Å². The smallest absolute Gasteiger partial charge is 0.317 e. The van der Waals surface area contributed by atoms with Gasteiger partial charge in [0, 0.05) is 19.3 Å². The van der Waals surface area contributed by atoms with Gasteiger partial charge in [-0.2, -0.15) is 0 Å². The predicted octanol–water partition coefficient (Wildman–Crippen LogP) is 1.20. The molecule has 0 aliphatic carbocycles. The molecule has 0 spiro atoms. The first-order valence-corrected chi connectivity index (χ1v) is 5.60. The Balaban J connectivity index is 2.63. The molecule has 5 heteroatoms. The lowest BCUT2D eigenvalue weighted by Gasteiger charge is -2.19. The molecule has 90 valence electrons. The first kappa shape index (κ1) is 12.7. The Morgan fingerprint density at radius 3 is 2.88 bits per heavy atom. The average molecular weight is 225 g/mol. The Hall–Kier alpha value is -1.36. The van der Waals surface area contributed by atoms with Crippen molar-refractivity contribution in [2.45, 2.75) is 33.4 Å². The van der Waals surface area contributed by atoms with Gasteiger partial charge in [-0.1, -0.05) is 6.92 Å². The Morgan fingerprint density at radius 1 is 1.56 bits per heavy atom. The van der Waals surface area contributed by atoms with E-state index in [9.17, 15) is 4.79 Å². The molecule has 5 nitrogen and oxygen atoms in total. The second-order valence-corrected chi connectivity index (χ2v) is 3.78. The van der Waals surface area contributed by atoms with Crippen molar-refractivity contribution < 1.29 is 9.90 Å². The molecule has 0 radical (unpaired) electrons. The van der Waals surface area contributed by atoms with Crippen LogP contribution in [0.1, 0.15) is 26.0 Å². The lowest BCUT2D eigenvalue weighted by atomic mass is 10.3. The molecule has 0 atom stereocenters. The molecule has 0 saturated heterocycles. The van der Waals surface area contributed by atoms with Crippen LogP contribution in [0.3, 0.4) is 0 Å². The van der Waals surface area contributed by atoms with Gasteiger partial charge >= 0.3 is 5.97 Å². The summed E-state index contributed by atoms with van der Waals surface area (Å²) in [7, 11) is 0. The highest BCUT2D eigenvalue weighted by Gasteiger charge is 2.11. The minimum Gasteiger partial charge on any atom is -0.480 e. The molecule has 0 aliphatic rings. The number of hydrogen-bond acceptors (Lipinski definition) is 3. The topological polar surface area (TPSA) is 58.4 Å². The third kappa shape index (κ3) is 3.66. The van der Waals surface area contributed by atoms with E-state index in [1.165, 1.54) is 0 Å². The first-order chi connectivity index (χ1) is 7.67. The van der Waals surface area contributed by atoms with Gasteiger partial charge in [-0.25, -0.2) is 4.98 Å². The lowest BCUT2D eigenvalue weighted by Crippen LogP contribution is -2.30. The van der Waals surface area contributed by atoms with Gasteiger partial charge < -0.3 is 9.67 Å². The molecule has 0 aromatic carbocycles. The van der Waals surface area contributed by atoms with Crippen LogP contribution >= 0.6 is 0 Å². The van der Waals surface area contributed by atoms with Gasteiger partial charge in [0.05, 0.1) is 18.6 Å². The fourth-order valence-electron chi connectivity index (χ4n) is 1.72. The van der Waals surface area contributed by atoms with E-state index in [0.29, 0.717) is 6.54 Å². The molecule has 0 saturated carbocycles. The molecule has 1 aromatic heterocycles. The highest BCUT2D eigenvalue weighted by molar-refractivity contribution is 5.69. The van der Waals surface area contributed by atoms with Crippen molar-refractivity contribution in [3.8, 4) is 0 Å². The minimum atomic E-state index is -0.781. The number of aromatic nitrogens is 2. The summed E-state index contributed by atoms with van der Waals surface area (Å²) < 4.78 is 2.03. The maximum Gasteiger partial charge on any atom is 0.317 e. The van der Waals surface area contributed by atoms with Crippen molar-refractivity contribution in [1.29, 1.82) is 0 Å². The quantitative estimate of drug-likeness (QED) is 0.757. The molecule has 1 N–H and O–H groups in total. The highest BCUT2D eigenvalue weighted by atomic mass is 16.4. The van der Waals surface area contributed by atoms with Crippen LogP contribution in [0.25, 0.3) is 0 Å². The lowest BCUT2D eigenvalue weighted by molar-refractivity contribution is -0.138. The van der Waals surface area contributed by atoms with Crippen molar-refractivity contribution in [2.75, 3.05) is 13.1 Å². The highest BCUT2D eigenvalue weighted by Crippen LogP contribution is 2.05. The van der Waals surface area contributed by atoms with Crippen LogP contribution < -0.4 is 0 Å². The number of nitrogens with zero attached hydrogens (tertiary/aromatic N) is 3. The van der Waals surface area contributed by atoms with E-state index in [2.05, 4.69) is 4.98 Å². The van der Waals surface area contributed by atoms with Gasteiger partial charge in [-0.05, 0) is 19.9 Å². The van der Waals surface area contributed by atoms with Crippen LogP contribution in [0.5, 0.6) is 0 Å². The number of carbonyl (C=O) groups is 1. The first-order valence-electron chi connectivity index (χ1n) is 5.60. The molecule has 0 fully saturated rings. The molecule has 16 heavy (non-hydrogen) atoms. The monoisotopic (exact) mass is 225 g/mol. The fraction of sp³-hybridized carbons (Fsp3) is 0.636. The fourth-order valence-corrected chi connectivity index (χ4v) is 1.72. The van der Waals surface area contributed by atoms with Gasteiger partial charge in [-0.15, -0.1) is 0 Å². The van der Waals surface area contributed by atoms with Crippen LogP contribution in [0, 0.1) is 0 Å². The Labute approximate surface area is 95.7 Å². The summed E-state index contributed by atoms with van der Waals surface area (Å²) in [6.45, 7) is 6.48. The van der Waals surface area contributed by atoms with Crippen LogP contribution in [0.15, 0.2) is 12.5 Å². The van der Waals surface area contributed by atoms with Gasteiger partial charge in [0.25, 0.3) is 0 Å². The third-order valence-corrected chi connectivity index (χ3v) is 2.42. The van der Waals surface area contributed by atoms with E-state index in [1.807, 2.05) is 23.3 Å². The minimum absolute atomic E-state index is 0.0860. The van der Waals surface area contributed by atoms with E-state index < -0.39 is 5.97 Å². The summed E-state index contributed by atoms with van der Waals surface area (Å²) in [5.41, 5.74) is 1.07. The zero-order chi connectivity index (χ0) is 12.0. The molecule has 1 heterocycles. The molecular weight excluding hydrogens is 206 g/mol. The number of aliphatic carboxylic acids is 1.